The van der Waals surface area contributed by atoms with E-state index in [1.54, 1.807) is 12.1 Å². The van der Waals surface area contributed by atoms with Crippen molar-refractivity contribution in [1.82, 2.24) is 4.98 Å². The highest BCUT2D eigenvalue weighted by molar-refractivity contribution is 5.80. The van der Waals surface area contributed by atoms with E-state index in [1.807, 2.05) is 12.1 Å². The fourth-order valence-electron chi connectivity index (χ4n) is 1.96. The SMILES string of the molecule is COc1cc2cc(CCC[N+](=O)[O-])ccc2[nH]c1=O. The molecule has 0 aliphatic carbocycles. The molecule has 19 heavy (non-hydrogen) atoms. The van der Waals surface area contributed by atoms with Gasteiger partial charge < -0.3 is 9.72 Å². The van der Waals surface area contributed by atoms with Gasteiger partial charge in [-0.25, -0.2) is 0 Å². The Morgan fingerprint density at radius 1 is 1.37 bits per heavy atom. The Labute approximate surface area is 109 Å². The van der Waals surface area contributed by atoms with Crippen LogP contribution < -0.4 is 10.3 Å². The summed E-state index contributed by atoms with van der Waals surface area (Å²) in [6.07, 6.45) is 1.14. The van der Waals surface area contributed by atoms with Gasteiger partial charge in [0.1, 0.15) is 0 Å². The van der Waals surface area contributed by atoms with Crippen molar-refractivity contribution in [2.75, 3.05) is 13.7 Å². The molecule has 1 heterocycles. The molecule has 0 amide bonds. The monoisotopic (exact) mass is 262 g/mol. The van der Waals surface area contributed by atoms with Crippen LogP contribution in [0.1, 0.15) is 12.0 Å². The minimum absolute atomic E-state index is 0.0347. The van der Waals surface area contributed by atoms with E-state index in [0.29, 0.717) is 12.8 Å². The third-order valence-electron chi connectivity index (χ3n) is 2.90. The Hall–Kier alpha value is -2.37. The highest BCUT2D eigenvalue weighted by Crippen LogP contribution is 2.17. The van der Waals surface area contributed by atoms with Crippen LogP contribution >= 0.6 is 0 Å². The molecule has 0 fully saturated rings. The summed E-state index contributed by atoms with van der Waals surface area (Å²) in [5.41, 5.74) is 1.46. The largest absolute Gasteiger partial charge is 0.491 e. The second-order valence-corrected chi connectivity index (χ2v) is 4.25. The van der Waals surface area contributed by atoms with Gasteiger partial charge >= 0.3 is 0 Å². The first kappa shape index (κ1) is 13.1. The molecule has 0 unspecified atom stereocenters. The molecular weight excluding hydrogens is 248 g/mol. The number of nitro groups is 1. The molecule has 100 valence electrons. The van der Waals surface area contributed by atoms with Gasteiger partial charge in [-0.2, -0.15) is 0 Å². The lowest BCUT2D eigenvalue weighted by Crippen LogP contribution is -2.08. The molecule has 1 N–H and O–H groups in total. The average molecular weight is 262 g/mol. The number of hydrogen-bond acceptors (Lipinski definition) is 4. The second kappa shape index (κ2) is 5.51. The number of aryl methyl sites for hydroxylation is 1. The first-order chi connectivity index (χ1) is 9.10. The minimum Gasteiger partial charge on any atom is -0.491 e. The zero-order valence-corrected chi connectivity index (χ0v) is 10.5. The fraction of sp³-hybridized carbons (Fsp3) is 0.308. The number of nitrogens with zero attached hydrogens (tertiary/aromatic N) is 1. The maximum absolute atomic E-state index is 11.5. The molecule has 2 rings (SSSR count). The van der Waals surface area contributed by atoms with Gasteiger partial charge in [0.15, 0.2) is 5.75 Å². The zero-order valence-electron chi connectivity index (χ0n) is 10.5. The van der Waals surface area contributed by atoms with Crippen LogP contribution in [0.4, 0.5) is 0 Å². The summed E-state index contributed by atoms with van der Waals surface area (Å²) in [5, 5.41) is 11.1. The van der Waals surface area contributed by atoms with Crippen LogP contribution in [-0.4, -0.2) is 23.6 Å². The van der Waals surface area contributed by atoms with Gasteiger partial charge in [0.05, 0.1) is 7.11 Å². The van der Waals surface area contributed by atoms with Crippen LogP contribution in [0.3, 0.4) is 0 Å². The normalized spacial score (nSPS) is 10.6. The van der Waals surface area contributed by atoms with Gasteiger partial charge in [-0.1, -0.05) is 6.07 Å². The molecule has 0 aliphatic heterocycles. The van der Waals surface area contributed by atoms with Crippen molar-refractivity contribution in [3.8, 4) is 5.75 Å². The molecule has 0 spiro atoms. The van der Waals surface area contributed by atoms with Crippen molar-refractivity contribution in [2.24, 2.45) is 0 Å². The number of H-pyrrole nitrogens is 1. The van der Waals surface area contributed by atoms with Gasteiger partial charge in [-0.15, -0.1) is 0 Å². The van der Waals surface area contributed by atoms with Gasteiger partial charge in [0, 0.05) is 22.2 Å². The molecule has 1 aromatic carbocycles. The molecule has 1 aromatic heterocycles. The van der Waals surface area contributed by atoms with Gasteiger partial charge in [0.2, 0.25) is 6.54 Å². The van der Waals surface area contributed by atoms with Crippen molar-refractivity contribution in [1.29, 1.82) is 0 Å². The van der Waals surface area contributed by atoms with Crippen molar-refractivity contribution < 1.29 is 9.66 Å². The van der Waals surface area contributed by atoms with Gasteiger partial charge in [-0.3, -0.25) is 14.9 Å². The number of benzene rings is 1. The zero-order chi connectivity index (χ0) is 13.8. The van der Waals surface area contributed by atoms with E-state index in [9.17, 15) is 14.9 Å². The molecule has 6 heteroatoms. The topological polar surface area (TPSA) is 85.2 Å². The third-order valence-corrected chi connectivity index (χ3v) is 2.90. The van der Waals surface area contributed by atoms with Crippen LogP contribution in [0.15, 0.2) is 29.1 Å². The van der Waals surface area contributed by atoms with Gasteiger partial charge in [0.25, 0.3) is 5.56 Å². The van der Waals surface area contributed by atoms with E-state index < -0.39 is 0 Å². The first-order valence-corrected chi connectivity index (χ1v) is 5.92. The number of nitrogens with one attached hydrogen (secondary N) is 1. The summed E-state index contributed by atoms with van der Waals surface area (Å²) in [6, 6.07) is 7.25. The summed E-state index contributed by atoms with van der Waals surface area (Å²) >= 11 is 0. The maximum atomic E-state index is 11.5. The van der Waals surface area contributed by atoms with Gasteiger partial charge in [-0.05, 0) is 30.2 Å². The molecule has 0 atom stereocenters. The van der Waals surface area contributed by atoms with Crippen molar-refractivity contribution >= 4 is 10.9 Å². The molecule has 0 saturated carbocycles. The van der Waals surface area contributed by atoms with Crippen LogP contribution in [0.25, 0.3) is 10.9 Å². The minimum atomic E-state index is -0.318. The van der Waals surface area contributed by atoms with E-state index in [0.717, 1.165) is 16.5 Å². The number of ether oxygens (including phenoxy) is 1. The Morgan fingerprint density at radius 2 is 2.16 bits per heavy atom. The summed E-state index contributed by atoms with van der Waals surface area (Å²) in [5.74, 6) is 0.259. The summed E-state index contributed by atoms with van der Waals surface area (Å²) in [7, 11) is 1.44. The summed E-state index contributed by atoms with van der Waals surface area (Å²) in [6.45, 7) is -0.0347. The fourth-order valence-corrected chi connectivity index (χ4v) is 1.96. The van der Waals surface area contributed by atoms with Crippen LogP contribution in [0, 0.1) is 10.1 Å². The summed E-state index contributed by atoms with van der Waals surface area (Å²) in [4.78, 5) is 24.2. The molecule has 0 aliphatic rings. The number of aromatic nitrogens is 1. The van der Waals surface area contributed by atoms with E-state index in [2.05, 4.69) is 4.98 Å². The van der Waals surface area contributed by atoms with Crippen LogP contribution in [-0.2, 0) is 6.42 Å². The third kappa shape index (κ3) is 3.09. The predicted molar refractivity (Wildman–Crippen MR) is 71.3 cm³/mol. The first-order valence-electron chi connectivity index (χ1n) is 5.92. The maximum Gasteiger partial charge on any atom is 0.290 e. The second-order valence-electron chi connectivity index (χ2n) is 4.25. The van der Waals surface area contributed by atoms with E-state index in [1.165, 1.54) is 7.11 Å². The highest BCUT2D eigenvalue weighted by Gasteiger charge is 2.04. The lowest BCUT2D eigenvalue weighted by atomic mass is 10.1. The standard InChI is InChI=1S/C13H14N2O4/c1-19-12-8-10-7-9(3-2-6-15(17)18)4-5-11(10)14-13(12)16/h4-5,7-8H,2-3,6H2,1H3,(H,14,16). The van der Waals surface area contributed by atoms with Crippen molar-refractivity contribution in [3.63, 3.8) is 0 Å². The number of methoxy groups -OCH3 is 1. The number of pyridine rings is 1. The average Bonchev–Trinajstić information content (AvgIpc) is 2.37. The Kier molecular flexibility index (Phi) is 3.79. The summed E-state index contributed by atoms with van der Waals surface area (Å²) < 4.78 is 4.97. The van der Waals surface area contributed by atoms with Crippen molar-refractivity contribution in [2.45, 2.75) is 12.8 Å². The molecule has 0 saturated heterocycles. The van der Waals surface area contributed by atoms with Crippen LogP contribution in [0.5, 0.6) is 5.75 Å². The number of rotatable bonds is 5. The van der Waals surface area contributed by atoms with Crippen LogP contribution in [0.2, 0.25) is 0 Å². The Balaban J connectivity index is 2.26. The number of aromatic amines is 1. The number of hydrogen-bond donors (Lipinski definition) is 1. The molecule has 0 radical (unpaired) electrons. The highest BCUT2D eigenvalue weighted by atomic mass is 16.6. The Morgan fingerprint density at radius 3 is 2.84 bits per heavy atom. The smallest absolute Gasteiger partial charge is 0.290 e. The molecular formula is C13H14N2O4. The predicted octanol–water partition coefficient (Wildman–Crippen LogP) is 1.75. The molecule has 6 nitrogen and oxygen atoms in total. The Bertz CT molecular complexity index is 663. The molecule has 2 aromatic rings. The quantitative estimate of drug-likeness (QED) is 0.657. The number of fused-ring (bicyclic) bond motifs is 1. The van der Waals surface area contributed by atoms with E-state index in [4.69, 9.17) is 4.74 Å². The lowest BCUT2D eigenvalue weighted by Gasteiger charge is -2.04. The van der Waals surface area contributed by atoms with Crippen molar-refractivity contribution in [3.05, 3.63) is 50.3 Å². The lowest BCUT2D eigenvalue weighted by molar-refractivity contribution is -0.480. The van der Waals surface area contributed by atoms with E-state index in [-0.39, 0.29) is 22.8 Å². The molecule has 0 bridgehead atoms. The van der Waals surface area contributed by atoms with E-state index >= 15 is 0 Å².